The van der Waals surface area contributed by atoms with E-state index in [4.69, 9.17) is 8.83 Å². The molecule has 0 atom stereocenters. The van der Waals surface area contributed by atoms with Crippen molar-refractivity contribution in [2.24, 2.45) is 0 Å². The molecular formula is C19H14O4. The summed E-state index contributed by atoms with van der Waals surface area (Å²) in [6, 6.07) is 19.5. The van der Waals surface area contributed by atoms with Crippen LogP contribution in [0.15, 0.2) is 85.2 Å². The first-order valence-electron chi connectivity index (χ1n) is 7.11. The predicted molar refractivity (Wildman–Crippen MR) is 89.7 cm³/mol. The minimum atomic E-state index is -0.302. The van der Waals surface area contributed by atoms with Gasteiger partial charge in [-0.3, -0.25) is 0 Å². The Morgan fingerprint density at radius 2 is 1.26 bits per heavy atom. The van der Waals surface area contributed by atoms with Gasteiger partial charge in [-0.25, -0.2) is 9.59 Å². The molecule has 2 aromatic heterocycles. The molecule has 0 spiro atoms. The average molecular weight is 306 g/mol. The van der Waals surface area contributed by atoms with Gasteiger partial charge >= 0.3 is 11.3 Å². The number of para-hydroxylation sites is 1. The first-order valence-corrected chi connectivity index (χ1v) is 7.11. The first kappa shape index (κ1) is 14.8. The molecule has 0 aliphatic rings. The Bertz CT molecular complexity index is 1070. The molecule has 114 valence electrons. The first-order chi connectivity index (χ1) is 11.1. The van der Waals surface area contributed by atoms with E-state index in [1.807, 2.05) is 43.3 Å². The van der Waals surface area contributed by atoms with Crippen LogP contribution in [-0.4, -0.2) is 0 Å². The van der Waals surface area contributed by atoms with Gasteiger partial charge in [-0.15, -0.1) is 0 Å². The van der Waals surface area contributed by atoms with Gasteiger partial charge in [-0.2, -0.15) is 0 Å². The van der Waals surface area contributed by atoms with Crippen LogP contribution >= 0.6 is 0 Å². The summed E-state index contributed by atoms with van der Waals surface area (Å²) in [5.74, 6) is 0. The third kappa shape index (κ3) is 3.55. The van der Waals surface area contributed by atoms with Gasteiger partial charge in [0.2, 0.25) is 0 Å². The van der Waals surface area contributed by atoms with Gasteiger partial charge in [0.1, 0.15) is 11.2 Å². The fourth-order valence-electron chi connectivity index (χ4n) is 2.20. The second-order valence-corrected chi connectivity index (χ2v) is 5.09. The summed E-state index contributed by atoms with van der Waals surface area (Å²) in [4.78, 5) is 21.5. The fraction of sp³-hybridized carbons (Fsp3) is 0.0526. The van der Waals surface area contributed by atoms with Crippen LogP contribution in [0, 0.1) is 6.92 Å². The van der Waals surface area contributed by atoms with Crippen LogP contribution in [-0.2, 0) is 0 Å². The fourth-order valence-corrected chi connectivity index (χ4v) is 2.20. The van der Waals surface area contributed by atoms with Crippen molar-refractivity contribution in [1.82, 2.24) is 0 Å². The smallest absolute Gasteiger partial charge is 0.336 e. The molecule has 0 saturated carbocycles. The monoisotopic (exact) mass is 306 g/mol. The number of hydrogen-bond acceptors (Lipinski definition) is 4. The van der Waals surface area contributed by atoms with Gasteiger partial charge in [-0.05, 0) is 37.3 Å². The number of aryl methyl sites for hydroxylation is 1. The molecule has 4 rings (SSSR count). The van der Waals surface area contributed by atoms with Gasteiger partial charge in [-0.1, -0.05) is 29.8 Å². The summed E-state index contributed by atoms with van der Waals surface area (Å²) in [5, 5.41) is 1.92. The lowest BCUT2D eigenvalue weighted by molar-refractivity contribution is 0.560. The Morgan fingerprint density at radius 3 is 2.00 bits per heavy atom. The molecule has 4 nitrogen and oxygen atoms in total. The van der Waals surface area contributed by atoms with Crippen LogP contribution in [0.4, 0.5) is 0 Å². The molecule has 0 aliphatic heterocycles. The van der Waals surface area contributed by atoms with Gasteiger partial charge < -0.3 is 8.83 Å². The highest BCUT2D eigenvalue weighted by Crippen LogP contribution is 2.12. The topological polar surface area (TPSA) is 60.4 Å². The van der Waals surface area contributed by atoms with Crippen molar-refractivity contribution in [3.8, 4) is 0 Å². The third-order valence-electron chi connectivity index (χ3n) is 3.30. The largest absolute Gasteiger partial charge is 0.423 e. The molecule has 2 heterocycles. The van der Waals surface area contributed by atoms with Crippen molar-refractivity contribution in [2.45, 2.75) is 6.92 Å². The Kier molecular flexibility index (Phi) is 4.06. The van der Waals surface area contributed by atoms with E-state index in [-0.39, 0.29) is 11.3 Å². The van der Waals surface area contributed by atoms with E-state index < -0.39 is 0 Å². The molecule has 2 aromatic carbocycles. The molecular weight excluding hydrogens is 292 g/mol. The molecule has 0 N–H and O–H groups in total. The zero-order chi connectivity index (χ0) is 16.2. The minimum Gasteiger partial charge on any atom is -0.423 e. The van der Waals surface area contributed by atoms with Crippen LogP contribution in [0.3, 0.4) is 0 Å². The Morgan fingerprint density at radius 1 is 0.652 bits per heavy atom. The van der Waals surface area contributed by atoms with E-state index in [1.54, 1.807) is 18.2 Å². The van der Waals surface area contributed by atoms with E-state index >= 15 is 0 Å². The molecule has 4 aromatic rings. The van der Waals surface area contributed by atoms with Crippen LogP contribution in [0.5, 0.6) is 0 Å². The highest BCUT2D eigenvalue weighted by molar-refractivity contribution is 5.77. The molecule has 4 heteroatoms. The molecule has 0 fully saturated rings. The van der Waals surface area contributed by atoms with Crippen molar-refractivity contribution in [3.05, 3.63) is 93.1 Å². The van der Waals surface area contributed by atoms with Crippen LogP contribution in [0.2, 0.25) is 0 Å². The summed E-state index contributed by atoms with van der Waals surface area (Å²) in [7, 11) is 0. The Balaban J connectivity index is 0.000000136. The number of rotatable bonds is 0. The highest BCUT2D eigenvalue weighted by Gasteiger charge is 1.95. The summed E-state index contributed by atoms with van der Waals surface area (Å²) < 4.78 is 9.87. The summed E-state index contributed by atoms with van der Waals surface area (Å²) >= 11 is 0. The molecule has 0 amide bonds. The molecule has 0 radical (unpaired) electrons. The van der Waals surface area contributed by atoms with Gasteiger partial charge in [0, 0.05) is 22.9 Å². The lowest BCUT2D eigenvalue weighted by Gasteiger charge is -1.95. The van der Waals surface area contributed by atoms with Gasteiger partial charge in [0.05, 0.1) is 0 Å². The van der Waals surface area contributed by atoms with E-state index in [0.29, 0.717) is 11.2 Å². The highest BCUT2D eigenvalue weighted by atomic mass is 16.4. The lowest BCUT2D eigenvalue weighted by atomic mass is 10.2. The normalized spacial score (nSPS) is 10.3. The number of benzene rings is 2. The third-order valence-corrected chi connectivity index (χ3v) is 3.30. The average Bonchev–Trinajstić information content (AvgIpc) is 2.55. The van der Waals surface area contributed by atoms with Crippen molar-refractivity contribution in [1.29, 1.82) is 0 Å². The maximum atomic E-state index is 10.8. The number of fused-ring (bicyclic) bond motifs is 2. The zero-order valence-electron chi connectivity index (χ0n) is 12.5. The minimum absolute atomic E-state index is 0.300. The van der Waals surface area contributed by atoms with Crippen LogP contribution < -0.4 is 11.3 Å². The quantitative estimate of drug-likeness (QED) is 0.462. The second kappa shape index (κ2) is 6.32. The van der Waals surface area contributed by atoms with Crippen molar-refractivity contribution in [2.75, 3.05) is 0 Å². The molecule has 23 heavy (non-hydrogen) atoms. The standard InChI is InChI=1S/C10H8O2.C9H6O2/c1-7-2-4-9-8(6-7)3-5-10(11)12-9;10-9-6-5-7-3-1-2-4-8(7)11-9/h2-6H,1H3;1-6H. The molecule has 0 aliphatic carbocycles. The lowest BCUT2D eigenvalue weighted by Crippen LogP contribution is -1.93. The predicted octanol–water partition coefficient (Wildman–Crippen LogP) is 3.89. The Hall–Kier alpha value is -3.14. The van der Waals surface area contributed by atoms with Crippen LogP contribution in [0.1, 0.15) is 5.56 Å². The SMILES string of the molecule is Cc1ccc2oc(=O)ccc2c1.O=c1ccc2ccccc2o1. The summed E-state index contributed by atoms with van der Waals surface area (Å²) in [5.41, 5.74) is 1.85. The zero-order valence-corrected chi connectivity index (χ0v) is 12.5. The van der Waals surface area contributed by atoms with E-state index in [0.717, 1.165) is 16.3 Å². The Labute approximate surface area is 131 Å². The number of hydrogen-bond donors (Lipinski definition) is 0. The molecule has 0 unspecified atom stereocenters. The molecule has 0 bridgehead atoms. The molecule has 0 saturated heterocycles. The maximum Gasteiger partial charge on any atom is 0.336 e. The van der Waals surface area contributed by atoms with Crippen molar-refractivity contribution in [3.63, 3.8) is 0 Å². The summed E-state index contributed by atoms with van der Waals surface area (Å²) in [6.07, 6.45) is 0. The van der Waals surface area contributed by atoms with E-state index in [9.17, 15) is 9.59 Å². The van der Waals surface area contributed by atoms with E-state index in [1.165, 1.54) is 12.1 Å². The van der Waals surface area contributed by atoms with Gasteiger partial charge in [0.15, 0.2) is 0 Å². The van der Waals surface area contributed by atoms with Gasteiger partial charge in [0.25, 0.3) is 0 Å². The maximum absolute atomic E-state index is 10.8. The summed E-state index contributed by atoms with van der Waals surface area (Å²) in [6.45, 7) is 2.00. The van der Waals surface area contributed by atoms with Crippen LogP contribution in [0.25, 0.3) is 21.9 Å². The van der Waals surface area contributed by atoms with Crippen molar-refractivity contribution >= 4 is 21.9 Å². The van der Waals surface area contributed by atoms with Crippen molar-refractivity contribution < 1.29 is 8.83 Å². The van der Waals surface area contributed by atoms with E-state index in [2.05, 4.69) is 0 Å². The second-order valence-electron chi connectivity index (χ2n) is 5.09.